The Balaban J connectivity index is 1.75. The average Bonchev–Trinajstić information content (AvgIpc) is 3.42. The maximum Gasteiger partial charge on any atom is 0.254 e. The summed E-state index contributed by atoms with van der Waals surface area (Å²) in [6.07, 6.45) is 2.30. The highest BCUT2D eigenvalue weighted by molar-refractivity contribution is 9.10. The van der Waals surface area contributed by atoms with E-state index in [1.54, 1.807) is 9.58 Å². The number of halogens is 1. The molecule has 1 amide bonds. The Bertz CT molecular complexity index is 1010. The van der Waals surface area contributed by atoms with Crippen LogP contribution in [0.1, 0.15) is 46.1 Å². The van der Waals surface area contributed by atoms with Gasteiger partial charge in [0.15, 0.2) is 5.65 Å². The first-order valence-corrected chi connectivity index (χ1v) is 9.58. The normalized spacial score (nSPS) is 14.0. The molecule has 4 rings (SSSR count). The molecule has 0 saturated heterocycles. The van der Waals surface area contributed by atoms with Crippen molar-refractivity contribution < 1.29 is 4.79 Å². The Hall–Kier alpha value is -2.21. The fraction of sp³-hybridized carbons (Fsp3) is 0.350. The summed E-state index contributed by atoms with van der Waals surface area (Å²) >= 11 is 3.56. The van der Waals surface area contributed by atoms with Crippen molar-refractivity contribution in [3.63, 3.8) is 0 Å². The van der Waals surface area contributed by atoms with E-state index in [9.17, 15) is 4.79 Å². The number of pyridine rings is 1. The van der Waals surface area contributed by atoms with Gasteiger partial charge in [0.25, 0.3) is 5.91 Å². The van der Waals surface area contributed by atoms with Crippen LogP contribution < -0.4 is 0 Å². The van der Waals surface area contributed by atoms with E-state index in [4.69, 9.17) is 4.98 Å². The van der Waals surface area contributed by atoms with Gasteiger partial charge in [-0.15, -0.1) is 0 Å². The van der Waals surface area contributed by atoms with Crippen LogP contribution in [0.15, 0.2) is 34.8 Å². The van der Waals surface area contributed by atoms with Gasteiger partial charge in [0, 0.05) is 36.7 Å². The molecular weight excluding hydrogens is 392 g/mol. The largest absolute Gasteiger partial charge is 0.337 e. The van der Waals surface area contributed by atoms with Gasteiger partial charge in [-0.1, -0.05) is 34.1 Å². The third-order valence-electron chi connectivity index (χ3n) is 4.93. The summed E-state index contributed by atoms with van der Waals surface area (Å²) in [4.78, 5) is 19.8. The number of nitrogens with zero attached hydrogens (tertiary/aromatic N) is 4. The van der Waals surface area contributed by atoms with Crippen LogP contribution in [0.25, 0.3) is 11.0 Å². The Kier molecular flexibility index (Phi) is 4.31. The molecule has 1 fully saturated rings. The molecule has 1 aromatic carbocycles. The van der Waals surface area contributed by atoms with E-state index in [0.29, 0.717) is 18.0 Å². The second-order valence-corrected chi connectivity index (χ2v) is 7.88. The van der Waals surface area contributed by atoms with E-state index < -0.39 is 0 Å². The highest BCUT2D eigenvalue weighted by atomic mass is 79.9. The smallest absolute Gasteiger partial charge is 0.254 e. The molecule has 6 heteroatoms. The number of carbonyl (C=O) groups is 1. The van der Waals surface area contributed by atoms with Gasteiger partial charge in [-0.25, -0.2) is 4.98 Å². The highest BCUT2D eigenvalue weighted by Crippen LogP contribution is 2.40. The molecule has 0 spiro atoms. The fourth-order valence-corrected chi connectivity index (χ4v) is 3.79. The van der Waals surface area contributed by atoms with E-state index in [1.807, 2.05) is 51.4 Å². The molecule has 2 aromatic heterocycles. The zero-order chi connectivity index (χ0) is 18.4. The van der Waals surface area contributed by atoms with Crippen LogP contribution in [0, 0.1) is 6.92 Å². The van der Waals surface area contributed by atoms with Gasteiger partial charge in [-0.2, -0.15) is 5.10 Å². The van der Waals surface area contributed by atoms with Crippen LogP contribution >= 0.6 is 15.9 Å². The molecular formula is C20H21BrN4O. The van der Waals surface area contributed by atoms with Crippen molar-refractivity contribution in [1.82, 2.24) is 19.7 Å². The van der Waals surface area contributed by atoms with Gasteiger partial charge in [-0.3, -0.25) is 9.48 Å². The summed E-state index contributed by atoms with van der Waals surface area (Å²) in [7, 11) is 3.73. The first-order valence-electron chi connectivity index (χ1n) is 8.79. The van der Waals surface area contributed by atoms with Crippen molar-refractivity contribution in [2.75, 3.05) is 7.05 Å². The first kappa shape index (κ1) is 17.2. The predicted octanol–water partition coefficient (Wildman–Crippen LogP) is 4.19. The highest BCUT2D eigenvalue weighted by Gasteiger charge is 2.29. The Labute approximate surface area is 161 Å². The van der Waals surface area contributed by atoms with Crippen molar-refractivity contribution >= 4 is 32.9 Å². The molecule has 1 aliphatic carbocycles. The lowest BCUT2D eigenvalue weighted by molar-refractivity contribution is 0.0786. The van der Waals surface area contributed by atoms with Crippen LogP contribution in [0.2, 0.25) is 0 Å². The molecule has 0 bridgehead atoms. The Morgan fingerprint density at radius 2 is 2.08 bits per heavy atom. The lowest BCUT2D eigenvalue weighted by Crippen LogP contribution is -2.27. The number of amides is 1. The molecule has 1 saturated carbocycles. The molecule has 3 aromatic rings. The SMILES string of the molecule is Cc1nn(C)c2nc(C3CC3)cc(C(=O)N(C)Cc3ccccc3Br)c12. The number of fused-ring (bicyclic) bond motifs is 1. The zero-order valence-corrected chi connectivity index (χ0v) is 16.7. The Morgan fingerprint density at radius 1 is 1.35 bits per heavy atom. The predicted molar refractivity (Wildman–Crippen MR) is 105 cm³/mol. The molecule has 0 atom stereocenters. The summed E-state index contributed by atoms with van der Waals surface area (Å²) in [5.41, 5.74) is 4.44. The van der Waals surface area contributed by atoms with Crippen molar-refractivity contribution in [3.8, 4) is 0 Å². The summed E-state index contributed by atoms with van der Waals surface area (Å²) in [5, 5.41) is 5.35. The first-order chi connectivity index (χ1) is 12.5. The van der Waals surface area contributed by atoms with Crippen molar-refractivity contribution in [2.24, 2.45) is 7.05 Å². The molecule has 0 radical (unpaired) electrons. The lowest BCUT2D eigenvalue weighted by Gasteiger charge is -2.19. The number of aromatic nitrogens is 3. The van der Waals surface area contributed by atoms with E-state index >= 15 is 0 Å². The van der Waals surface area contributed by atoms with Crippen molar-refractivity contribution in [1.29, 1.82) is 0 Å². The summed E-state index contributed by atoms with van der Waals surface area (Å²) in [5.74, 6) is 0.487. The third-order valence-corrected chi connectivity index (χ3v) is 5.70. The molecule has 0 aliphatic heterocycles. The molecule has 0 N–H and O–H groups in total. The van der Waals surface area contributed by atoms with Crippen LogP contribution in [0.3, 0.4) is 0 Å². The van der Waals surface area contributed by atoms with E-state index in [0.717, 1.165) is 45.3 Å². The number of carbonyl (C=O) groups excluding carboxylic acids is 1. The minimum absolute atomic E-state index is 0.00570. The second-order valence-electron chi connectivity index (χ2n) is 7.03. The van der Waals surface area contributed by atoms with Gasteiger partial charge in [0.05, 0.1) is 16.6 Å². The standard InChI is InChI=1S/C20H21BrN4O/c1-12-18-15(10-17(13-8-9-13)22-19(18)25(3)23-12)20(26)24(2)11-14-6-4-5-7-16(14)21/h4-7,10,13H,8-9,11H2,1-3H3. The average molecular weight is 413 g/mol. The van der Waals surface area contributed by atoms with Gasteiger partial charge in [0.1, 0.15) is 0 Å². The van der Waals surface area contributed by atoms with Gasteiger partial charge < -0.3 is 4.90 Å². The number of hydrogen-bond acceptors (Lipinski definition) is 3. The summed E-state index contributed by atoms with van der Waals surface area (Å²) in [6.45, 7) is 2.48. The number of rotatable bonds is 4. The van der Waals surface area contributed by atoms with E-state index in [2.05, 4.69) is 21.0 Å². The number of benzene rings is 1. The molecule has 2 heterocycles. The number of hydrogen-bond donors (Lipinski definition) is 0. The van der Waals surface area contributed by atoms with E-state index in [-0.39, 0.29) is 5.91 Å². The second kappa shape index (κ2) is 6.50. The molecule has 134 valence electrons. The van der Waals surface area contributed by atoms with Crippen molar-refractivity contribution in [3.05, 3.63) is 57.3 Å². The Morgan fingerprint density at radius 3 is 2.77 bits per heavy atom. The minimum Gasteiger partial charge on any atom is -0.337 e. The van der Waals surface area contributed by atoms with Crippen LogP contribution in [0.4, 0.5) is 0 Å². The van der Waals surface area contributed by atoms with Crippen LogP contribution in [-0.2, 0) is 13.6 Å². The van der Waals surface area contributed by atoms with Gasteiger partial charge >= 0.3 is 0 Å². The minimum atomic E-state index is 0.00570. The van der Waals surface area contributed by atoms with Gasteiger partial charge in [-0.05, 0) is 37.5 Å². The van der Waals surface area contributed by atoms with Crippen LogP contribution in [0.5, 0.6) is 0 Å². The van der Waals surface area contributed by atoms with Gasteiger partial charge in [0.2, 0.25) is 0 Å². The summed E-state index contributed by atoms with van der Waals surface area (Å²) < 4.78 is 2.79. The van der Waals surface area contributed by atoms with E-state index in [1.165, 1.54) is 0 Å². The fourth-order valence-electron chi connectivity index (χ4n) is 3.38. The zero-order valence-electron chi connectivity index (χ0n) is 15.2. The molecule has 1 aliphatic rings. The van der Waals surface area contributed by atoms with Crippen molar-refractivity contribution in [2.45, 2.75) is 32.2 Å². The third kappa shape index (κ3) is 3.03. The summed E-state index contributed by atoms with van der Waals surface area (Å²) in [6, 6.07) is 9.96. The molecule has 5 nitrogen and oxygen atoms in total. The molecule has 26 heavy (non-hydrogen) atoms. The lowest BCUT2D eigenvalue weighted by atomic mass is 10.1. The maximum atomic E-state index is 13.3. The maximum absolute atomic E-state index is 13.3. The quantitative estimate of drug-likeness (QED) is 0.645. The topological polar surface area (TPSA) is 51.0 Å². The van der Waals surface area contributed by atoms with Crippen LogP contribution in [-0.4, -0.2) is 32.6 Å². The number of aryl methyl sites for hydroxylation is 2. The molecule has 0 unspecified atom stereocenters. The monoisotopic (exact) mass is 412 g/mol.